The highest BCUT2D eigenvalue weighted by Crippen LogP contribution is 2.30. The predicted molar refractivity (Wildman–Crippen MR) is 122 cm³/mol. The summed E-state index contributed by atoms with van der Waals surface area (Å²) in [6.07, 6.45) is 1.78. The third-order valence-electron chi connectivity index (χ3n) is 5.56. The van der Waals surface area contributed by atoms with E-state index in [2.05, 4.69) is 10.2 Å². The molecule has 0 fully saturated rings. The van der Waals surface area contributed by atoms with Gasteiger partial charge in [-0.15, -0.1) is 0 Å². The smallest absolute Gasteiger partial charge is 0.254 e. The van der Waals surface area contributed by atoms with Crippen LogP contribution in [0.1, 0.15) is 34.4 Å². The second-order valence-electron chi connectivity index (χ2n) is 7.68. The zero-order valence-electron chi connectivity index (χ0n) is 18.3. The van der Waals surface area contributed by atoms with E-state index in [1.807, 2.05) is 62.8 Å². The summed E-state index contributed by atoms with van der Waals surface area (Å²) in [6.45, 7) is 7.00. The highest BCUT2D eigenvalue weighted by molar-refractivity contribution is 6.31. The monoisotopic (exact) mass is 436 g/mol. The van der Waals surface area contributed by atoms with E-state index in [1.54, 1.807) is 22.8 Å². The molecule has 160 valence electrons. The molecule has 0 aliphatic heterocycles. The molecule has 0 aliphatic rings. The molecule has 4 aromatic rings. The molecule has 0 spiro atoms. The van der Waals surface area contributed by atoms with Gasteiger partial charge in [-0.05, 0) is 32.9 Å². The Morgan fingerprint density at radius 1 is 1.19 bits per heavy atom. The summed E-state index contributed by atoms with van der Waals surface area (Å²) in [4.78, 5) is 20.0. The van der Waals surface area contributed by atoms with Gasteiger partial charge in [0.2, 0.25) is 0 Å². The van der Waals surface area contributed by atoms with Gasteiger partial charge in [-0.2, -0.15) is 10.2 Å². The predicted octanol–water partition coefficient (Wildman–Crippen LogP) is 4.39. The van der Waals surface area contributed by atoms with Gasteiger partial charge in [-0.25, -0.2) is 4.98 Å². The Hall–Kier alpha value is -3.19. The van der Waals surface area contributed by atoms with Crippen molar-refractivity contribution >= 4 is 28.4 Å². The quantitative estimate of drug-likeness (QED) is 0.465. The number of carbonyl (C=O) groups is 1. The van der Waals surface area contributed by atoms with Gasteiger partial charge in [0.05, 0.1) is 34.0 Å². The van der Waals surface area contributed by atoms with Crippen molar-refractivity contribution in [1.29, 1.82) is 0 Å². The zero-order valence-corrected chi connectivity index (χ0v) is 19.1. The summed E-state index contributed by atoms with van der Waals surface area (Å²) in [7, 11) is 3.67. The average Bonchev–Trinajstić information content (AvgIpc) is 3.24. The molecular weight excluding hydrogens is 412 g/mol. The van der Waals surface area contributed by atoms with Gasteiger partial charge in [0.15, 0.2) is 0 Å². The zero-order chi connectivity index (χ0) is 22.3. The van der Waals surface area contributed by atoms with Crippen molar-refractivity contribution in [2.75, 3.05) is 7.05 Å². The summed E-state index contributed by atoms with van der Waals surface area (Å²) < 4.78 is 3.60. The number of nitrogens with zero attached hydrogens (tertiary/aromatic N) is 6. The lowest BCUT2D eigenvalue weighted by Crippen LogP contribution is -2.27. The van der Waals surface area contributed by atoms with Gasteiger partial charge in [0.25, 0.3) is 5.91 Å². The minimum absolute atomic E-state index is 0.110. The molecule has 0 radical (unpaired) electrons. The summed E-state index contributed by atoms with van der Waals surface area (Å²) >= 11 is 6.32. The van der Waals surface area contributed by atoms with Gasteiger partial charge < -0.3 is 4.90 Å². The molecule has 0 N–H and O–H groups in total. The Bertz CT molecular complexity index is 1290. The number of pyridine rings is 1. The Labute approximate surface area is 186 Å². The van der Waals surface area contributed by atoms with Crippen LogP contribution in [-0.4, -0.2) is 42.4 Å². The second-order valence-corrected chi connectivity index (χ2v) is 8.09. The van der Waals surface area contributed by atoms with Crippen molar-refractivity contribution in [3.05, 3.63) is 64.2 Å². The summed E-state index contributed by atoms with van der Waals surface area (Å²) in [5.74, 6) is -0.110. The highest BCUT2D eigenvalue weighted by Gasteiger charge is 2.21. The molecule has 31 heavy (non-hydrogen) atoms. The lowest BCUT2D eigenvalue weighted by Gasteiger charge is -2.18. The van der Waals surface area contributed by atoms with Gasteiger partial charge >= 0.3 is 0 Å². The van der Waals surface area contributed by atoms with Crippen molar-refractivity contribution < 1.29 is 4.79 Å². The van der Waals surface area contributed by atoms with E-state index >= 15 is 0 Å². The largest absolute Gasteiger partial charge is 0.336 e. The first kappa shape index (κ1) is 21.1. The van der Waals surface area contributed by atoms with Crippen LogP contribution in [0.25, 0.3) is 22.2 Å². The van der Waals surface area contributed by atoms with Crippen LogP contribution >= 0.6 is 11.6 Å². The molecule has 4 rings (SSSR count). The molecule has 7 nitrogen and oxygen atoms in total. The SMILES string of the molecule is CCn1cc(Cl)c(CN(C)C(=O)c2cc(-c3c(C)nn(C)c3C)nc3ccccc23)n1. The number of hydrogen-bond acceptors (Lipinski definition) is 4. The molecule has 1 amide bonds. The standard InChI is InChI=1S/C23H25ClN6O/c1-6-30-12-18(24)21(27-30)13-28(4)23(31)17-11-20(22-14(2)26-29(5)15(22)3)25-19-10-8-7-9-16(17)19/h7-12H,6,13H2,1-5H3. The summed E-state index contributed by atoms with van der Waals surface area (Å²) in [6, 6.07) is 9.56. The molecule has 0 aliphatic carbocycles. The number of carbonyl (C=O) groups excluding carboxylic acids is 1. The maximum Gasteiger partial charge on any atom is 0.254 e. The number of aromatic nitrogens is 5. The van der Waals surface area contributed by atoms with Crippen LogP contribution in [0.3, 0.4) is 0 Å². The molecule has 0 unspecified atom stereocenters. The molecular formula is C23H25ClN6O. The summed E-state index contributed by atoms with van der Waals surface area (Å²) in [5.41, 5.74) is 5.62. The van der Waals surface area contributed by atoms with Gasteiger partial charge in [0.1, 0.15) is 5.69 Å². The number of benzene rings is 1. The van der Waals surface area contributed by atoms with E-state index in [0.717, 1.165) is 40.1 Å². The molecule has 0 saturated carbocycles. The third kappa shape index (κ3) is 3.81. The van der Waals surface area contributed by atoms with E-state index in [9.17, 15) is 4.79 Å². The van der Waals surface area contributed by atoms with Crippen LogP contribution in [0.5, 0.6) is 0 Å². The lowest BCUT2D eigenvalue weighted by atomic mass is 10.0. The number of aryl methyl sites for hydroxylation is 3. The Balaban J connectivity index is 1.78. The fraction of sp³-hybridized carbons (Fsp3) is 0.304. The van der Waals surface area contributed by atoms with Gasteiger partial charge in [-0.1, -0.05) is 29.8 Å². The minimum Gasteiger partial charge on any atom is -0.336 e. The maximum atomic E-state index is 13.5. The van der Waals surface area contributed by atoms with Crippen LogP contribution in [0, 0.1) is 13.8 Å². The number of fused-ring (bicyclic) bond motifs is 1. The molecule has 3 heterocycles. The molecule has 3 aromatic heterocycles. The molecule has 0 saturated heterocycles. The fourth-order valence-corrected chi connectivity index (χ4v) is 4.04. The number of halogens is 1. The fourth-order valence-electron chi connectivity index (χ4n) is 3.83. The van der Waals surface area contributed by atoms with Crippen molar-refractivity contribution in [2.24, 2.45) is 7.05 Å². The first-order valence-corrected chi connectivity index (χ1v) is 10.6. The van der Waals surface area contributed by atoms with Crippen LogP contribution in [0.15, 0.2) is 36.5 Å². The second kappa shape index (κ2) is 8.15. The Morgan fingerprint density at radius 3 is 2.58 bits per heavy atom. The van der Waals surface area contributed by atoms with E-state index in [4.69, 9.17) is 16.6 Å². The highest BCUT2D eigenvalue weighted by atomic mass is 35.5. The lowest BCUT2D eigenvalue weighted by molar-refractivity contribution is 0.0785. The van der Waals surface area contributed by atoms with E-state index < -0.39 is 0 Å². The van der Waals surface area contributed by atoms with Crippen molar-refractivity contribution in [2.45, 2.75) is 33.9 Å². The number of hydrogen-bond donors (Lipinski definition) is 0. The number of amides is 1. The van der Waals surface area contributed by atoms with Crippen LogP contribution < -0.4 is 0 Å². The first-order chi connectivity index (χ1) is 14.8. The van der Waals surface area contributed by atoms with Crippen molar-refractivity contribution in [1.82, 2.24) is 29.4 Å². The molecule has 8 heteroatoms. The molecule has 1 aromatic carbocycles. The van der Waals surface area contributed by atoms with Crippen molar-refractivity contribution in [3.63, 3.8) is 0 Å². The van der Waals surface area contributed by atoms with Crippen LogP contribution in [0.2, 0.25) is 5.02 Å². The molecule has 0 bridgehead atoms. The molecule has 0 atom stereocenters. The van der Waals surface area contributed by atoms with Gasteiger partial charge in [-0.3, -0.25) is 14.2 Å². The number of para-hydroxylation sites is 1. The van der Waals surface area contributed by atoms with Crippen LogP contribution in [-0.2, 0) is 20.1 Å². The Morgan fingerprint density at radius 2 is 1.94 bits per heavy atom. The normalized spacial score (nSPS) is 11.3. The summed E-state index contributed by atoms with van der Waals surface area (Å²) in [5, 5.41) is 10.3. The third-order valence-corrected chi connectivity index (χ3v) is 5.87. The van der Waals surface area contributed by atoms with Gasteiger partial charge in [0, 0.05) is 43.5 Å². The Kier molecular flexibility index (Phi) is 5.54. The maximum absolute atomic E-state index is 13.5. The first-order valence-electron chi connectivity index (χ1n) is 10.2. The van der Waals surface area contributed by atoms with E-state index in [-0.39, 0.29) is 5.91 Å². The van der Waals surface area contributed by atoms with E-state index in [1.165, 1.54) is 0 Å². The topological polar surface area (TPSA) is 68.8 Å². The number of rotatable bonds is 5. The average molecular weight is 437 g/mol. The van der Waals surface area contributed by atoms with Crippen molar-refractivity contribution in [3.8, 4) is 11.3 Å². The van der Waals surface area contributed by atoms with Crippen LogP contribution in [0.4, 0.5) is 0 Å². The minimum atomic E-state index is -0.110. The van der Waals surface area contributed by atoms with E-state index in [0.29, 0.717) is 22.8 Å².